The number of amides is 1. The summed E-state index contributed by atoms with van der Waals surface area (Å²) in [6.45, 7) is 3.96. The molecule has 1 fully saturated rings. The van der Waals surface area contributed by atoms with Gasteiger partial charge in [-0.1, -0.05) is 18.7 Å². The molecule has 5 nitrogen and oxygen atoms in total. The first-order chi connectivity index (χ1) is 9.85. The fraction of sp³-hybridized carbons (Fsp3) is 0.833. The number of amidine groups is 1. The molecule has 2 aliphatic rings. The van der Waals surface area contributed by atoms with Crippen LogP contribution in [0.1, 0.15) is 6.92 Å². The quantitative estimate of drug-likeness (QED) is 0.833. The molecular formula is C12H19F3N4OS. The molecular weight excluding hydrogens is 305 g/mol. The number of carbonyl (C=O) groups excluding carboxylic acids is 1. The molecule has 0 unspecified atom stereocenters. The van der Waals surface area contributed by atoms with Crippen LogP contribution >= 0.6 is 11.8 Å². The predicted octanol–water partition coefficient (Wildman–Crippen LogP) is 0.774. The maximum absolute atomic E-state index is 12.0. The molecule has 9 heteroatoms. The van der Waals surface area contributed by atoms with E-state index in [-0.39, 0.29) is 12.5 Å². The van der Waals surface area contributed by atoms with E-state index in [0.29, 0.717) is 31.4 Å². The Bertz CT molecular complexity index is 408. The molecule has 0 saturated carbocycles. The van der Waals surface area contributed by atoms with Crippen molar-refractivity contribution < 1.29 is 18.0 Å². The number of hydrogen-bond acceptors (Lipinski definition) is 5. The number of alkyl halides is 3. The Morgan fingerprint density at radius 2 is 2.05 bits per heavy atom. The zero-order valence-electron chi connectivity index (χ0n) is 11.8. The molecule has 1 N–H and O–H groups in total. The SMILES string of the molecule is C[C@H]1CN=C(N2CCN(C(=O)CNCC(F)(F)F)CC2)S1. The second-order valence-electron chi connectivity index (χ2n) is 5.14. The number of carbonyl (C=O) groups is 1. The summed E-state index contributed by atoms with van der Waals surface area (Å²) in [5.41, 5.74) is 0. The van der Waals surface area contributed by atoms with Crippen LogP contribution < -0.4 is 5.32 Å². The molecule has 2 heterocycles. The zero-order valence-corrected chi connectivity index (χ0v) is 12.6. The monoisotopic (exact) mass is 324 g/mol. The Morgan fingerprint density at radius 3 is 2.57 bits per heavy atom. The van der Waals surface area contributed by atoms with Crippen LogP contribution in [-0.4, -0.2) is 78.1 Å². The van der Waals surface area contributed by atoms with Crippen LogP contribution in [0.25, 0.3) is 0 Å². The normalized spacial score (nSPS) is 23.4. The number of aliphatic imine (C=N–C) groups is 1. The first-order valence-electron chi connectivity index (χ1n) is 6.86. The Morgan fingerprint density at radius 1 is 1.38 bits per heavy atom. The molecule has 120 valence electrons. The van der Waals surface area contributed by atoms with E-state index >= 15 is 0 Å². The first-order valence-corrected chi connectivity index (χ1v) is 7.74. The molecule has 1 atom stereocenters. The number of halogens is 3. The van der Waals surface area contributed by atoms with E-state index in [4.69, 9.17) is 0 Å². The molecule has 0 bridgehead atoms. The van der Waals surface area contributed by atoms with Gasteiger partial charge in [-0.05, 0) is 0 Å². The minimum atomic E-state index is -4.28. The highest BCUT2D eigenvalue weighted by molar-refractivity contribution is 8.14. The maximum atomic E-state index is 12.0. The highest BCUT2D eigenvalue weighted by Gasteiger charge is 2.29. The Balaban J connectivity index is 1.70. The summed E-state index contributed by atoms with van der Waals surface area (Å²) in [6, 6.07) is 0. The third-order valence-corrected chi connectivity index (χ3v) is 4.44. The lowest BCUT2D eigenvalue weighted by atomic mass is 10.3. The van der Waals surface area contributed by atoms with Gasteiger partial charge in [-0.3, -0.25) is 9.79 Å². The van der Waals surface area contributed by atoms with Crippen LogP contribution in [-0.2, 0) is 4.79 Å². The Kier molecular flexibility index (Phi) is 5.37. The third kappa shape index (κ3) is 5.06. The van der Waals surface area contributed by atoms with E-state index < -0.39 is 12.7 Å². The summed E-state index contributed by atoms with van der Waals surface area (Å²) in [5, 5.41) is 3.65. The molecule has 0 aliphatic carbocycles. The van der Waals surface area contributed by atoms with Gasteiger partial charge in [0.05, 0.1) is 19.6 Å². The van der Waals surface area contributed by atoms with Gasteiger partial charge < -0.3 is 15.1 Å². The summed E-state index contributed by atoms with van der Waals surface area (Å²) >= 11 is 1.73. The van der Waals surface area contributed by atoms with Gasteiger partial charge in [0.1, 0.15) is 0 Å². The summed E-state index contributed by atoms with van der Waals surface area (Å²) in [6.07, 6.45) is -4.28. The van der Waals surface area contributed by atoms with Crippen molar-refractivity contribution >= 4 is 22.8 Å². The minimum Gasteiger partial charge on any atom is -0.348 e. The van der Waals surface area contributed by atoms with Crippen LogP contribution in [0.5, 0.6) is 0 Å². The molecule has 0 aromatic carbocycles. The van der Waals surface area contributed by atoms with Crippen LogP contribution in [0.3, 0.4) is 0 Å². The number of thioether (sulfide) groups is 1. The molecule has 0 aromatic heterocycles. The molecule has 0 spiro atoms. The van der Waals surface area contributed by atoms with Crippen LogP contribution in [0, 0.1) is 0 Å². The van der Waals surface area contributed by atoms with E-state index in [1.165, 1.54) is 0 Å². The van der Waals surface area contributed by atoms with Gasteiger partial charge in [0.15, 0.2) is 5.17 Å². The van der Waals surface area contributed by atoms with E-state index in [2.05, 4.69) is 22.1 Å². The van der Waals surface area contributed by atoms with Gasteiger partial charge in [-0.25, -0.2) is 0 Å². The van der Waals surface area contributed by atoms with Crippen molar-refractivity contribution in [1.82, 2.24) is 15.1 Å². The van der Waals surface area contributed by atoms with E-state index in [9.17, 15) is 18.0 Å². The lowest BCUT2D eigenvalue weighted by molar-refractivity contribution is -0.135. The van der Waals surface area contributed by atoms with Gasteiger partial charge in [0.25, 0.3) is 0 Å². The van der Waals surface area contributed by atoms with E-state index in [1.807, 2.05) is 0 Å². The minimum absolute atomic E-state index is 0.272. The van der Waals surface area contributed by atoms with Crippen molar-refractivity contribution in [2.75, 3.05) is 45.8 Å². The molecule has 0 aromatic rings. The average molecular weight is 324 g/mol. The van der Waals surface area contributed by atoms with Gasteiger partial charge in [-0.15, -0.1) is 0 Å². The number of piperazine rings is 1. The van der Waals surface area contributed by atoms with Crippen molar-refractivity contribution in [3.8, 4) is 0 Å². The third-order valence-electron chi connectivity index (χ3n) is 3.29. The largest absolute Gasteiger partial charge is 0.401 e. The summed E-state index contributed by atoms with van der Waals surface area (Å²) in [5.74, 6) is -0.284. The summed E-state index contributed by atoms with van der Waals surface area (Å²) in [4.78, 5) is 20.0. The van der Waals surface area contributed by atoms with Crippen LogP contribution in [0.2, 0.25) is 0 Å². The van der Waals surface area contributed by atoms with Crippen LogP contribution in [0.4, 0.5) is 13.2 Å². The second kappa shape index (κ2) is 6.87. The van der Waals surface area contributed by atoms with Crippen LogP contribution in [0.15, 0.2) is 4.99 Å². The van der Waals surface area contributed by atoms with Crippen molar-refractivity contribution in [3.05, 3.63) is 0 Å². The molecule has 1 amide bonds. The van der Waals surface area contributed by atoms with E-state index in [0.717, 1.165) is 11.7 Å². The van der Waals surface area contributed by atoms with E-state index in [1.54, 1.807) is 16.7 Å². The topological polar surface area (TPSA) is 47.9 Å². The fourth-order valence-corrected chi connectivity index (χ4v) is 3.20. The maximum Gasteiger partial charge on any atom is 0.401 e. The smallest absolute Gasteiger partial charge is 0.348 e. The number of nitrogens with zero attached hydrogens (tertiary/aromatic N) is 3. The van der Waals surface area contributed by atoms with Crippen molar-refractivity contribution in [1.29, 1.82) is 0 Å². The second-order valence-corrected chi connectivity index (χ2v) is 6.54. The lowest BCUT2D eigenvalue weighted by Gasteiger charge is -2.35. The fourth-order valence-electron chi connectivity index (χ4n) is 2.21. The Hall–Kier alpha value is -0.960. The zero-order chi connectivity index (χ0) is 15.5. The molecule has 1 saturated heterocycles. The van der Waals surface area contributed by atoms with Gasteiger partial charge >= 0.3 is 6.18 Å². The van der Waals surface area contributed by atoms with Gasteiger partial charge in [0.2, 0.25) is 5.91 Å². The summed E-state index contributed by atoms with van der Waals surface area (Å²) in [7, 11) is 0. The molecule has 2 aliphatic heterocycles. The number of hydrogen-bond donors (Lipinski definition) is 1. The van der Waals surface area contributed by atoms with Crippen molar-refractivity contribution in [3.63, 3.8) is 0 Å². The average Bonchev–Trinajstić information content (AvgIpc) is 2.84. The molecule has 21 heavy (non-hydrogen) atoms. The highest BCUT2D eigenvalue weighted by atomic mass is 32.2. The van der Waals surface area contributed by atoms with Crippen molar-refractivity contribution in [2.24, 2.45) is 4.99 Å². The Labute approximate surface area is 125 Å². The first kappa shape index (κ1) is 16.4. The molecule has 0 radical (unpaired) electrons. The molecule has 2 rings (SSSR count). The van der Waals surface area contributed by atoms with Crippen molar-refractivity contribution in [2.45, 2.75) is 18.3 Å². The lowest BCUT2D eigenvalue weighted by Crippen LogP contribution is -2.52. The van der Waals surface area contributed by atoms with Gasteiger partial charge in [-0.2, -0.15) is 13.2 Å². The number of rotatable bonds is 3. The van der Waals surface area contributed by atoms with Gasteiger partial charge in [0, 0.05) is 31.4 Å². The predicted molar refractivity (Wildman–Crippen MR) is 76.4 cm³/mol. The highest BCUT2D eigenvalue weighted by Crippen LogP contribution is 2.23. The summed E-state index contributed by atoms with van der Waals surface area (Å²) < 4.78 is 36.0. The standard InChI is InChI=1S/C12H19F3N4OS/c1-9-6-17-11(21-9)19-4-2-18(3-5-19)10(20)7-16-8-12(13,14)15/h9,16H,2-8H2,1H3/t9-/m0/s1. The number of nitrogens with one attached hydrogen (secondary N) is 1.